The van der Waals surface area contributed by atoms with E-state index in [1.165, 1.54) is 22.5 Å². The summed E-state index contributed by atoms with van der Waals surface area (Å²) in [4.78, 5) is 25.9. The third-order valence-electron chi connectivity index (χ3n) is 10.00. The van der Waals surface area contributed by atoms with E-state index in [-0.39, 0.29) is 43.8 Å². The summed E-state index contributed by atoms with van der Waals surface area (Å²) in [6.07, 6.45) is 1.88. The lowest BCUT2D eigenvalue weighted by atomic mass is 9.86. The van der Waals surface area contributed by atoms with Crippen LogP contribution in [0.15, 0.2) is 66.1 Å². The van der Waals surface area contributed by atoms with Crippen molar-refractivity contribution in [3.05, 3.63) is 66.7 Å². The van der Waals surface area contributed by atoms with Crippen molar-refractivity contribution in [2.24, 2.45) is 11.3 Å². The first kappa shape index (κ1) is 40.3. The minimum absolute atomic E-state index is 0.0295. The van der Waals surface area contributed by atoms with Crippen molar-refractivity contribution in [3.63, 3.8) is 0 Å². The summed E-state index contributed by atoms with van der Waals surface area (Å²) < 4.78 is 57.6. The van der Waals surface area contributed by atoms with Crippen molar-refractivity contribution < 1.29 is 51.9 Å². The van der Waals surface area contributed by atoms with Gasteiger partial charge < -0.3 is 48.9 Å². The molecule has 0 aliphatic carbocycles. The normalized spacial score (nSPS) is 20.5. The Balaban J connectivity index is 1.35. The maximum Gasteiger partial charge on any atom is 0.407 e. The summed E-state index contributed by atoms with van der Waals surface area (Å²) in [6.45, 7) is 8.34. The van der Waals surface area contributed by atoms with E-state index < -0.39 is 58.6 Å². The molecule has 0 radical (unpaired) electrons. The van der Waals surface area contributed by atoms with Crippen molar-refractivity contribution in [2.45, 2.75) is 88.2 Å². The van der Waals surface area contributed by atoms with E-state index in [2.05, 4.69) is 11.9 Å². The predicted molar refractivity (Wildman–Crippen MR) is 193 cm³/mol. The minimum atomic E-state index is -4.25. The van der Waals surface area contributed by atoms with E-state index in [1.807, 2.05) is 44.2 Å². The topological polar surface area (TPSA) is 176 Å². The van der Waals surface area contributed by atoms with Gasteiger partial charge in [0.15, 0.2) is 17.8 Å². The molecule has 3 aliphatic rings. The number of aliphatic hydroxyl groups excluding tert-OH is 1. The molecule has 14 nitrogen and oxygen atoms in total. The van der Waals surface area contributed by atoms with Gasteiger partial charge in [0.1, 0.15) is 6.09 Å². The molecular formula is C38H52N3O11S-. The van der Waals surface area contributed by atoms with Gasteiger partial charge >= 0.3 is 6.09 Å². The Labute approximate surface area is 312 Å². The zero-order valence-electron chi connectivity index (χ0n) is 30.5. The highest BCUT2D eigenvalue weighted by molar-refractivity contribution is 7.89. The Bertz CT molecular complexity index is 1640. The number of ether oxygens (including phenoxy) is 5. The monoisotopic (exact) mass is 758 g/mol. The lowest BCUT2D eigenvalue weighted by Crippen LogP contribution is -2.61. The van der Waals surface area contributed by atoms with E-state index in [0.29, 0.717) is 50.3 Å². The van der Waals surface area contributed by atoms with Gasteiger partial charge in [0.25, 0.3) is 0 Å². The summed E-state index contributed by atoms with van der Waals surface area (Å²) in [5.41, 5.74) is 0.211. The molecule has 292 valence electrons. The number of fused-ring (bicyclic) bond motifs is 2. The molecule has 15 heteroatoms. The van der Waals surface area contributed by atoms with Crippen LogP contribution in [-0.4, -0.2) is 106 Å². The first-order chi connectivity index (χ1) is 25.4. The standard InChI is InChI=1S/C38H53N3O11S/c1-4-5-19-49-36(43)39-18-11-7-10-17-38(2,3)25-40(53(46,47)28-14-15-33-34(22-28)52-26-51-33)23-32(42)30(21-27-12-8-6-9-13-27)41(37(44)45)31-24-50-35-29(31)16-20-48-35/h4,6,8-9,12-15,22,29-32,35,42H,1,5,7,10-11,16-21,23-26H2,2-3H3,(H,39,43)(H,44,45)/p-1/t29-,30-,31-,32+,35+/m0/s1. The van der Waals surface area contributed by atoms with E-state index in [1.54, 1.807) is 6.08 Å². The Hall–Kier alpha value is -3.89. The Morgan fingerprint density at radius 1 is 1.11 bits per heavy atom. The molecule has 3 aliphatic heterocycles. The predicted octanol–water partition coefficient (Wildman–Crippen LogP) is 3.67. The summed E-state index contributed by atoms with van der Waals surface area (Å²) in [5, 5.41) is 27.8. The number of rotatable bonds is 20. The van der Waals surface area contributed by atoms with Crippen LogP contribution in [-0.2, 0) is 30.7 Å². The largest absolute Gasteiger partial charge is 0.530 e. The summed E-state index contributed by atoms with van der Waals surface area (Å²) in [6, 6.07) is 11.8. The summed E-state index contributed by atoms with van der Waals surface area (Å²) >= 11 is 0. The van der Waals surface area contributed by atoms with Crippen molar-refractivity contribution in [3.8, 4) is 11.5 Å². The van der Waals surface area contributed by atoms with E-state index in [9.17, 15) is 28.2 Å². The van der Waals surface area contributed by atoms with Gasteiger partial charge in [0, 0.05) is 31.6 Å². The van der Waals surface area contributed by atoms with E-state index in [4.69, 9.17) is 23.7 Å². The van der Waals surface area contributed by atoms with Crippen LogP contribution >= 0.6 is 0 Å². The van der Waals surface area contributed by atoms with Crippen molar-refractivity contribution >= 4 is 22.2 Å². The van der Waals surface area contributed by atoms with E-state index >= 15 is 0 Å². The fourth-order valence-corrected chi connectivity index (χ4v) is 8.89. The summed E-state index contributed by atoms with van der Waals surface area (Å²) in [5.74, 6) is 0.475. The average Bonchev–Trinajstić information content (AvgIpc) is 3.88. The van der Waals surface area contributed by atoms with Crippen molar-refractivity contribution in [1.82, 2.24) is 14.5 Å². The number of sulfonamides is 1. The lowest BCUT2D eigenvalue weighted by molar-refractivity contribution is -0.273. The van der Waals surface area contributed by atoms with Crippen LogP contribution in [0, 0.1) is 11.3 Å². The first-order valence-corrected chi connectivity index (χ1v) is 19.7. The van der Waals surface area contributed by atoms with Gasteiger partial charge in [-0.1, -0.05) is 63.1 Å². The molecule has 5 rings (SSSR count). The number of aliphatic hydroxyl groups is 1. The van der Waals surface area contributed by atoms with Gasteiger partial charge in [-0.3, -0.25) is 0 Å². The maximum atomic E-state index is 14.5. The number of alkyl carbamates (subject to hydrolysis) is 1. The Kier molecular flexibility index (Phi) is 14.0. The highest BCUT2D eigenvalue weighted by Crippen LogP contribution is 2.38. The van der Waals surface area contributed by atoms with Gasteiger partial charge in [-0.05, 0) is 55.2 Å². The molecule has 0 bridgehead atoms. The molecule has 0 aromatic heterocycles. The van der Waals surface area contributed by atoms with Crippen LogP contribution in [0.3, 0.4) is 0 Å². The number of benzene rings is 2. The van der Waals surface area contributed by atoms with Gasteiger partial charge in [0.2, 0.25) is 16.8 Å². The fourth-order valence-electron chi connectivity index (χ4n) is 7.22. The number of nitrogens with zero attached hydrogens (tertiary/aromatic N) is 2. The van der Waals surface area contributed by atoms with Crippen LogP contribution in [0.1, 0.15) is 57.9 Å². The third kappa shape index (κ3) is 10.6. The van der Waals surface area contributed by atoms with Crippen LogP contribution < -0.4 is 19.9 Å². The number of hydrogen-bond acceptors (Lipinski definition) is 11. The highest BCUT2D eigenvalue weighted by Gasteiger charge is 2.47. The third-order valence-corrected chi connectivity index (χ3v) is 11.8. The van der Waals surface area contributed by atoms with Gasteiger partial charge in [-0.15, -0.1) is 6.58 Å². The van der Waals surface area contributed by atoms with Crippen molar-refractivity contribution in [2.75, 3.05) is 46.2 Å². The number of carbonyl (C=O) groups is 2. The van der Waals surface area contributed by atoms with Gasteiger partial charge in [0.05, 0.1) is 42.9 Å². The maximum absolute atomic E-state index is 14.5. The SMILES string of the molecule is C=CCCOC(=O)NCCCCCC(C)(C)CN(C[C@@H](O)[C@H](Cc1ccccc1)N(C(=O)[O-])[C@H]1CO[C@H]2OCC[C@H]21)S(=O)(=O)c1ccc2c(c1)OCO2. The van der Waals surface area contributed by atoms with Gasteiger partial charge in [-0.2, -0.15) is 4.31 Å². The van der Waals surface area contributed by atoms with Crippen LogP contribution in [0.5, 0.6) is 11.5 Å². The smallest absolute Gasteiger partial charge is 0.407 e. The molecule has 3 heterocycles. The number of carboxylic acid groups (broad SMARTS) is 1. The fraction of sp³-hybridized carbons (Fsp3) is 0.579. The zero-order chi connectivity index (χ0) is 38.0. The Morgan fingerprint density at radius 2 is 1.89 bits per heavy atom. The molecule has 53 heavy (non-hydrogen) atoms. The molecule has 2 aromatic rings. The molecule has 5 atom stereocenters. The van der Waals surface area contributed by atoms with Crippen LogP contribution in [0.2, 0.25) is 0 Å². The second-order valence-electron chi connectivity index (χ2n) is 14.5. The molecule has 0 spiro atoms. The van der Waals surface area contributed by atoms with Crippen LogP contribution in [0.4, 0.5) is 9.59 Å². The molecule has 2 amide bonds. The summed E-state index contributed by atoms with van der Waals surface area (Å²) in [7, 11) is -4.25. The molecule has 2 N–H and O–H groups in total. The Morgan fingerprint density at radius 3 is 2.64 bits per heavy atom. The minimum Gasteiger partial charge on any atom is -0.530 e. The second kappa shape index (κ2) is 18.4. The molecule has 2 aromatic carbocycles. The van der Waals surface area contributed by atoms with E-state index in [0.717, 1.165) is 23.3 Å². The number of unbranched alkanes of at least 4 members (excludes halogenated alkanes) is 2. The second-order valence-corrected chi connectivity index (χ2v) is 16.5. The number of carbonyl (C=O) groups excluding carboxylic acids is 2. The molecule has 0 saturated carbocycles. The highest BCUT2D eigenvalue weighted by atomic mass is 32.2. The number of amides is 2. The van der Waals surface area contributed by atoms with Gasteiger partial charge in [-0.25, -0.2) is 13.2 Å². The quantitative estimate of drug-likeness (QED) is 0.149. The lowest BCUT2D eigenvalue weighted by Gasteiger charge is -2.43. The number of hydrogen-bond donors (Lipinski definition) is 2. The van der Waals surface area contributed by atoms with Crippen molar-refractivity contribution in [1.29, 1.82) is 0 Å². The molecule has 0 unspecified atom stereocenters. The zero-order valence-corrected chi connectivity index (χ0v) is 31.3. The average molecular weight is 759 g/mol. The molecule has 2 fully saturated rings. The van der Waals surface area contributed by atoms with Crippen LogP contribution in [0.25, 0.3) is 0 Å². The number of nitrogens with one attached hydrogen (secondary N) is 1. The molecule has 2 saturated heterocycles. The molecular weight excluding hydrogens is 706 g/mol. The first-order valence-electron chi connectivity index (χ1n) is 18.3.